The van der Waals surface area contributed by atoms with Crippen LogP contribution in [0.5, 0.6) is 0 Å². The van der Waals surface area contributed by atoms with E-state index in [1.54, 1.807) is 17.1 Å². The number of carbonyl (C=O) groups is 1. The molecule has 0 N–H and O–H groups in total. The monoisotopic (exact) mass is 194 g/mol. The topological polar surface area (TPSA) is 44.1 Å². The molecule has 0 aliphatic carbocycles. The second-order valence-electron chi connectivity index (χ2n) is 3.51. The van der Waals surface area contributed by atoms with Crippen molar-refractivity contribution in [2.75, 3.05) is 13.2 Å². The Bertz CT molecular complexity index is 327. The van der Waals surface area contributed by atoms with Crippen LogP contribution in [0.25, 0.3) is 0 Å². The van der Waals surface area contributed by atoms with Gasteiger partial charge in [-0.05, 0) is 13.3 Å². The van der Waals surface area contributed by atoms with Crippen molar-refractivity contribution in [2.45, 2.75) is 19.9 Å². The van der Waals surface area contributed by atoms with Crippen molar-refractivity contribution in [3.63, 3.8) is 0 Å². The number of rotatable bonds is 3. The number of hydrogen-bond donors (Lipinski definition) is 0. The van der Waals surface area contributed by atoms with E-state index in [4.69, 9.17) is 4.74 Å². The molecule has 1 atom stereocenters. The number of aromatic nitrogens is 2. The number of Topliss-reactive ketones (excluding diaryl/α,β-unsaturated/α-hetero) is 1. The molecule has 0 bridgehead atoms. The zero-order chi connectivity index (χ0) is 9.97. The lowest BCUT2D eigenvalue weighted by Gasteiger charge is -2.02. The van der Waals surface area contributed by atoms with Crippen molar-refractivity contribution in [1.82, 2.24) is 9.78 Å². The highest BCUT2D eigenvalue weighted by atomic mass is 16.5. The molecule has 0 aromatic carbocycles. The van der Waals surface area contributed by atoms with Crippen molar-refractivity contribution < 1.29 is 9.53 Å². The molecule has 1 aliphatic rings. The van der Waals surface area contributed by atoms with Crippen molar-refractivity contribution in [3.8, 4) is 0 Å². The van der Waals surface area contributed by atoms with E-state index in [0.717, 1.165) is 13.0 Å². The fourth-order valence-corrected chi connectivity index (χ4v) is 1.64. The summed E-state index contributed by atoms with van der Waals surface area (Å²) < 4.78 is 6.95. The van der Waals surface area contributed by atoms with E-state index >= 15 is 0 Å². The molecule has 0 radical (unpaired) electrons. The molecule has 1 aromatic heterocycles. The van der Waals surface area contributed by atoms with Gasteiger partial charge in [-0.2, -0.15) is 5.10 Å². The van der Waals surface area contributed by atoms with Gasteiger partial charge < -0.3 is 4.74 Å². The first kappa shape index (κ1) is 9.40. The minimum absolute atomic E-state index is 0.0458. The van der Waals surface area contributed by atoms with E-state index in [-0.39, 0.29) is 11.7 Å². The summed E-state index contributed by atoms with van der Waals surface area (Å²) in [5.41, 5.74) is 0.711. The Labute approximate surface area is 82.9 Å². The SMILES string of the molecule is CCn1cc(C(=O)C2CCOC2)cn1. The number of carbonyl (C=O) groups excluding carboxylic acids is 1. The largest absolute Gasteiger partial charge is 0.381 e. The Hall–Kier alpha value is -1.16. The lowest BCUT2D eigenvalue weighted by atomic mass is 10.00. The molecule has 0 saturated carbocycles. The van der Waals surface area contributed by atoms with Gasteiger partial charge in [-0.15, -0.1) is 0 Å². The average Bonchev–Trinajstić information content (AvgIpc) is 2.88. The summed E-state index contributed by atoms with van der Waals surface area (Å²) in [5.74, 6) is 0.215. The molecule has 1 fully saturated rings. The first-order valence-corrected chi connectivity index (χ1v) is 4.95. The van der Waals surface area contributed by atoms with Crippen LogP contribution in [0.1, 0.15) is 23.7 Å². The third kappa shape index (κ3) is 1.70. The number of ketones is 1. The quantitative estimate of drug-likeness (QED) is 0.677. The summed E-state index contributed by atoms with van der Waals surface area (Å²) in [7, 11) is 0. The van der Waals surface area contributed by atoms with E-state index in [9.17, 15) is 4.79 Å². The molecule has 14 heavy (non-hydrogen) atoms. The van der Waals surface area contributed by atoms with Crippen LogP contribution in [0.2, 0.25) is 0 Å². The first-order valence-electron chi connectivity index (χ1n) is 4.95. The fraction of sp³-hybridized carbons (Fsp3) is 0.600. The summed E-state index contributed by atoms with van der Waals surface area (Å²) in [6, 6.07) is 0. The Morgan fingerprint density at radius 3 is 3.21 bits per heavy atom. The molecule has 1 saturated heterocycles. The molecule has 2 heterocycles. The zero-order valence-electron chi connectivity index (χ0n) is 8.27. The van der Waals surface area contributed by atoms with Gasteiger partial charge in [0.1, 0.15) is 0 Å². The highest BCUT2D eigenvalue weighted by molar-refractivity contribution is 5.97. The van der Waals surface area contributed by atoms with Gasteiger partial charge in [0.2, 0.25) is 0 Å². The van der Waals surface area contributed by atoms with Crippen LogP contribution in [0.3, 0.4) is 0 Å². The lowest BCUT2D eigenvalue weighted by Crippen LogP contribution is -2.13. The Kier molecular flexibility index (Phi) is 2.63. The molecule has 0 amide bonds. The predicted octanol–water partition coefficient (Wildman–Crippen LogP) is 1.12. The van der Waals surface area contributed by atoms with E-state index < -0.39 is 0 Å². The number of hydrogen-bond acceptors (Lipinski definition) is 3. The predicted molar refractivity (Wildman–Crippen MR) is 51.2 cm³/mol. The van der Waals surface area contributed by atoms with Crippen LogP contribution in [0, 0.1) is 5.92 Å². The van der Waals surface area contributed by atoms with Gasteiger partial charge >= 0.3 is 0 Å². The molecular weight excluding hydrogens is 180 g/mol. The summed E-state index contributed by atoms with van der Waals surface area (Å²) in [5, 5.41) is 4.08. The van der Waals surface area contributed by atoms with Gasteiger partial charge in [-0.1, -0.05) is 0 Å². The molecule has 1 aliphatic heterocycles. The molecular formula is C10H14N2O2. The van der Waals surface area contributed by atoms with Gasteiger partial charge in [-0.3, -0.25) is 9.48 Å². The van der Waals surface area contributed by atoms with Crippen molar-refractivity contribution in [1.29, 1.82) is 0 Å². The van der Waals surface area contributed by atoms with Crippen LogP contribution in [0.4, 0.5) is 0 Å². The summed E-state index contributed by atoms with van der Waals surface area (Å²) in [6.07, 6.45) is 4.29. The number of ether oxygens (including phenoxy) is 1. The average molecular weight is 194 g/mol. The van der Waals surface area contributed by atoms with Crippen LogP contribution in [-0.4, -0.2) is 28.8 Å². The lowest BCUT2D eigenvalue weighted by molar-refractivity contribution is 0.0900. The van der Waals surface area contributed by atoms with Gasteiger partial charge in [0.25, 0.3) is 0 Å². The molecule has 4 nitrogen and oxygen atoms in total. The number of nitrogens with zero attached hydrogens (tertiary/aromatic N) is 2. The molecule has 76 valence electrons. The normalized spacial score (nSPS) is 21.4. The second-order valence-corrected chi connectivity index (χ2v) is 3.51. The zero-order valence-corrected chi connectivity index (χ0v) is 8.27. The molecule has 1 aromatic rings. The first-order chi connectivity index (χ1) is 6.81. The van der Waals surface area contributed by atoms with Gasteiger partial charge in [0, 0.05) is 25.3 Å². The molecule has 4 heteroatoms. The maximum atomic E-state index is 11.8. The summed E-state index contributed by atoms with van der Waals surface area (Å²) in [4.78, 5) is 11.8. The minimum Gasteiger partial charge on any atom is -0.381 e. The van der Waals surface area contributed by atoms with Crippen molar-refractivity contribution >= 4 is 5.78 Å². The third-order valence-corrected chi connectivity index (χ3v) is 2.54. The summed E-state index contributed by atoms with van der Waals surface area (Å²) >= 11 is 0. The second kappa shape index (κ2) is 3.92. The standard InChI is InChI=1S/C10H14N2O2/c1-2-12-6-9(5-11-12)10(13)8-3-4-14-7-8/h5-6,8H,2-4,7H2,1H3. The van der Waals surface area contributed by atoms with E-state index in [0.29, 0.717) is 18.8 Å². The van der Waals surface area contributed by atoms with Gasteiger partial charge in [0.05, 0.1) is 18.4 Å². The highest BCUT2D eigenvalue weighted by Crippen LogP contribution is 2.17. The maximum absolute atomic E-state index is 11.8. The van der Waals surface area contributed by atoms with Crippen molar-refractivity contribution in [3.05, 3.63) is 18.0 Å². The van der Waals surface area contributed by atoms with E-state index in [1.807, 2.05) is 6.92 Å². The highest BCUT2D eigenvalue weighted by Gasteiger charge is 2.25. The van der Waals surface area contributed by atoms with Crippen LogP contribution < -0.4 is 0 Å². The van der Waals surface area contributed by atoms with E-state index in [1.165, 1.54) is 0 Å². The molecule has 2 rings (SSSR count). The Morgan fingerprint density at radius 2 is 2.64 bits per heavy atom. The van der Waals surface area contributed by atoms with Gasteiger partial charge in [-0.25, -0.2) is 0 Å². The maximum Gasteiger partial charge on any atom is 0.171 e. The molecule has 0 spiro atoms. The molecule has 1 unspecified atom stereocenters. The van der Waals surface area contributed by atoms with Gasteiger partial charge in [0.15, 0.2) is 5.78 Å². The van der Waals surface area contributed by atoms with Crippen molar-refractivity contribution in [2.24, 2.45) is 5.92 Å². The Morgan fingerprint density at radius 1 is 1.79 bits per heavy atom. The number of aryl methyl sites for hydroxylation is 1. The smallest absolute Gasteiger partial charge is 0.171 e. The minimum atomic E-state index is 0.0458. The fourth-order valence-electron chi connectivity index (χ4n) is 1.64. The Balaban J connectivity index is 2.09. The third-order valence-electron chi connectivity index (χ3n) is 2.54. The summed E-state index contributed by atoms with van der Waals surface area (Å²) in [6.45, 7) is 4.07. The van der Waals surface area contributed by atoms with Crippen LogP contribution >= 0.6 is 0 Å². The van der Waals surface area contributed by atoms with Crippen LogP contribution in [0.15, 0.2) is 12.4 Å². The van der Waals surface area contributed by atoms with E-state index in [2.05, 4.69) is 5.10 Å². The van der Waals surface area contributed by atoms with Crippen LogP contribution in [-0.2, 0) is 11.3 Å².